The summed E-state index contributed by atoms with van der Waals surface area (Å²) in [5.74, 6) is 1.00. The fourth-order valence-corrected chi connectivity index (χ4v) is 3.61. The van der Waals surface area contributed by atoms with Gasteiger partial charge in [-0.1, -0.05) is 54.6 Å². The molecule has 184 valence electrons. The number of hydrogen-bond acceptors (Lipinski definition) is 7. The fourth-order valence-electron chi connectivity index (χ4n) is 3.61. The van der Waals surface area contributed by atoms with Crippen LogP contribution in [0.25, 0.3) is 0 Å². The summed E-state index contributed by atoms with van der Waals surface area (Å²) in [6, 6.07) is 23.8. The predicted molar refractivity (Wildman–Crippen MR) is 127 cm³/mol. The highest BCUT2D eigenvalue weighted by molar-refractivity contribution is 5.68. The molecule has 4 rings (SSSR count). The van der Waals surface area contributed by atoms with Crippen molar-refractivity contribution < 1.29 is 38.3 Å². The topological polar surface area (TPSA) is 92.7 Å². The van der Waals surface area contributed by atoms with Crippen molar-refractivity contribution in [3.05, 3.63) is 84.4 Å². The SMILES string of the molecule is O=C(O)COC1(c2ccccc2)COc2ccccc2OCCOCCOc2ccccc2OC1. The highest BCUT2D eigenvalue weighted by Crippen LogP contribution is 2.34. The summed E-state index contributed by atoms with van der Waals surface area (Å²) in [6.07, 6.45) is 0. The van der Waals surface area contributed by atoms with Gasteiger partial charge in [0.1, 0.15) is 33.0 Å². The molecule has 3 aromatic carbocycles. The first-order valence-electron chi connectivity index (χ1n) is 11.3. The van der Waals surface area contributed by atoms with Crippen LogP contribution in [-0.2, 0) is 19.9 Å². The van der Waals surface area contributed by atoms with Crippen LogP contribution in [-0.4, -0.2) is 57.3 Å². The molecule has 1 heterocycles. The van der Waals surface area contributed by atoms with E-state index in [-0.39, 0.29) is 13.2 Å². The number of fused-ring (bicyclic) bond motifs is 2. The Hall–Kier alpha value is -3.75. The fraction of sp³-hybridized carbons (Fsp3) is 0.296. The number of rotatable bonds is 4. The third-order valence-corrected chi connectivity index (χ3v) is 5.36. The van der Waals surface area contributed by atoms with Crippen molar-refractivity contribution in [1.29, 1.82) is 0 Å². The molecule has 0 spiro atoms. The van der Waals surface area contributed by atoms with E-state index in [1.807, 2.05) is 54.6 Å². The Kier molecular flexibility index (Phi) is 8.43. The van der Waals surface area contributed by atoms with Crippen molar-refractivity contribution in [2.45, 2.75) is 5.60 Å². The van der Waals surface area contributed by atoms with Gasteiger partial charge >= 0.3 is 5.97 Å². The van der Waals surface area contributed by atoms with Crippen molar-refractivity contribution in [3.63, 3.8) is 0 Å². The molecule has 0 bridgehead atoms. The van der Waals surface area contributed by atoms with Crippen LogP contribution in [0.3, 0.4) is 0 Å². The molecule has 0 amide bonds. The number of hydrogen-bond donors (Lipinski definition) is 1. The van der Waals surface area contributed by atoms with Crippen molar-refractivity contribution in [1.82, 2.24) is 0 Å². The summed E-state index contributed by atoms with van der Waals surface area (Å²) in [7, 11) is 0. The maximum Gasteiger partial charge on any atom is 0.329 e. The number of carboxylic acids is 1. The molecule has 35 heavy (non-hydrogen) atoms. The summed E-state index contributed by atoms with van der Waals surface area (Å²) in [5.41, 5.74) is -0.521. The monoisotopic (exact) mass is 480 g/mol. The Bertz CT molecular complexity index is 1030. The molecule has 8 nitrogen and oxygen atoms in total. The number of carboxylic acid groups (broad SMARTS) is 1. The van der Waals surface area contributed by atoms with Crippen molar-refractivity contribution in [2.75, 3.05) is 46.2 Å². The van der Waals surface area contributed by atoms with Gasteiger partial charge in [-0.25, -0.2) is 4.79 Å². The van der Waals surface area contributed by atoms with E-state index in [2.05, 4.69) is 0 Å². The number of para-hydroxylation sites is 4. The van der Waals surface area contributed by atoms with E-state index >= 15 is 0 Å². The quantitative estimate of drug-likeness (QED) is 0.601. The van der Waals surface area contributed by atoms with Crippen LogP contribution < -0.4 is 18.9 Å². The van der Waals surface area contributed by atoms with Gasteiger partial charge in [0.2, 0.25) is 0 Å². The van der Waals surface area contributed by atoms with Gasteiger partial charge in [-0.05, 0) is 29.8 Å². The average Bonchev–Trinajstić information content (AvgIpc) is 2.89. The van der Waals surface area contributed by atoms with Gasteiger partial charge in [0, 0.05) is 0 Å². The van der Waals surface area contributed by atoms with Crippen LogP contribution in [0.4, 0.5) is 0 Å². The molecular weight excluding hydrogens is 452 g/mol. The second-order valence-electron chi connectivity index (χ2n) is 7.82. The maximum absolute atomic E-state index is 11.5. The molecule has 0 saturated heterocycles. The summed E-state index contributed by atoms with van der Waals surface area (Å²) in [5, 5.41) is 9.40. The smallest absolute Gasteiger partial charge is 0.329 e. The van der Waals surface area contributed by atoms with E-state index in [0.29, 0.717) is 55.0 Å². The van der Waals surface area contributed by atoms with Crippen LogP contribution in [0.15, 0.2) is 78.9 Å². The van der Waals surface area contributed by atoms with Gasteiger partial charge < -0.3 is 33.5 Å². The van der Waals surface area contributed by atoms with Crippen LogP contribution in [0.5, 0.6) is 23.0 Å². The number of ether oxygens (including phenoxy) is 6. The zero-order valence-corrected chi connectivity index (χ0v) is 19.3. The molecule has 1 aliphatic rings. The largest absolute Gasteiger partial charge is 0.487 e. The molecule has 0 unspecified atom stereocenters. The Balaban J connectivity index is 1.71. The normalized spacial score (nSPS) is 16.2. The molecular formula is C27H28O8. The van der Waals surface area contributed by atoms with Crippen LogP contribution >= 0.6 is 0 Å². The summed E-state index contributed by atoms with van der Waals surface area (Å²) >= 11 is 0. The molecule has 0 saturated carbocycles. The first-order chi connectivity index (χ1) is 17.2. The molecule has 8 heteroatoms. The first kappa shape index (κ1) is 24.4. The number of benzene rings is 3. The third kappa shape index (κ3) is 6.65. The van der Waals surface area contributed by atoms with Gasteiger partial charge in [-0.15, -0.1) is 0 Å². The van der Waals surface area contributed by atoms with E-state index in [1.54, 1.807) is 24.3 Å². The first-order valence-corrected chi connectivity index (χ1v) is 11.3. The third-order valence-electron chi connectivity index (χ3n) is 5.36. The molecule has 0 radical (unpaired) electrons. The Morgan fingerprint density at radius 1 is 0.686 bits per heavy atom. The number of aliphatic carboxylic acids is 1. The highest BCUT2D eigenvalue weighted by atomic mass is 16.6. The van der Waals surface area contributed by atoms with Gasteiger partial charge in [0.15, 0.2) is 28.6 Å². The Morgan fingerprint density at radius 2 is 1.14 bits per heavy atom. The Morgan fingerprint density at radius 3 is 1.63 bits per heavy atom. The predicted octanol–water partition coefficient (Wildman–Crippen LogP) is 3.93. The van der Waals surface area contributed by atoms with E-state index in [9.17, 15) is 9.90 Å². The molecule has 0 atom stereocenters. The lowest BCUT2D eigenvalue weighted by Crippen LogP contribution is -2.43. The van der Waals surface area contributed by atoms with Gasteiger partial charge in [-0.2, -0.15) is 0 Å². The zero-order valence-electron chi connectivity index (χ0n) is 19.3. The molecule has 1 aliphatic heterocycles. The summed E-state index contributed by atoms with van der Waals surface area (Å²) in [4.78, 5) is 11.5. The Labute approximate surface area is 203 Å². The number of carbonyl (C=O) groups is 1. The lowest BCUT2D eigenvalue weighted by molar-refractivity contribution is -0.157. The van der Waals surface area contributed by atoms with E-state index in [4.69, 9.17) is 28.4 Å². The van der Waals surface area contributed by atoms with E-state index < -0.39 is 18.2 Å². The molecule has 0 fully saturated rings. The standard InChI is InChI=1S/C27H28O8/c28-26(29)18-35-27(21-8-2-1-3-9-21)19-33-24-12-6-4-10-22(24)31-16-14-30-15-17-32-23-11-5-7-13-25(23)34-20-27/h1-13H,14-20H2,(H,28,29). The molecule has 3 aromatic rings. The zero-order chi connectivity index (χ0) is 24.3. The van der Waals surface area contributed by atoms with E-state index in [0.717, 1.165) is 0 Å². The van der Waals surface area contributed by atoms with Crippen LogP contribution in [0.1, 0.15) is 5.56 Å². The van der Waals surface area contributed by atoms with Gasteiger partial charge in [0.25, 0.3) is 0 Å². The minimum absolute atomic E-state index is 0.0236. The second-order valence-corrected chi connectivity index (χ2v) is 7.82. The van der Waals surface area contributed by atoms with Crippen molar-refractivity contribution >= 4 is 5.97 Å². The lowest BCUT2D eigenvalue weighted by Gasteiger charge is -2.34. The lowest BCUT2D eigenvalue weighted by atomic mass is 9.95. The van der Waals surface area contributed by atoms with Gasteiger partial charge in [0.05, 0.1) is 13.2 Å². The highest BCUT2D eigenvalue weighted by Gasteiger charge is 2.37. The summed E-state index contributed by atoms with van der Waals surface area (Å²) in [6.45, 7) is 0.847. The van der Waals surface area contributed by atoms with Gasteiger partial charge in [-0.3, -0.25) is 0 Å². The molecule has 0 aliphatic carbocycles. The minimum Gasteiger partial charge on any atom is -0.487 e. The molecule has 1 N–H and O–H groups in total. The average molecular weight is 481 g/mol. The summed E-state index contributed by atoms with van der Waals surface area (Å²) < 4.78 is 35.7. The molecule has 0 aromatic heterocycles. The van der Waals surface area contributed by atoms with E-state index in [1.165, 1.54) is 0 Å². The van der Waals surface area contributed by atoms with Crippen LogP contribution in [0, 0.1) is 0 Å². The maximum atomic E-state index is 11.5. The second kappa shape index (κ2) is 12.1. The van der Waals surface area contributed by atoms with Crippen molar-refractivity contribution in [3.8, 4) is 23.0 Å². The minimum atomic E-state index is -1.24. The van der Waals surface area contributed by atoms with Crippen LogP contribution in [0.2, 0.25) is 0 Å². The van der Waals surface area contributed by atoms with Crippen molar-refractivity contribution in [2.24, 2.45) is 0 Å².